The maximum atomic E-state index is 12.8. The number of benzene rings is 1. The summed E-state index contributed by atoms with van der Waals surface area (Å²) in [5.74, 6) is 0.920. The van der Waals surface area contributed by atoms with Crippen molar-refractivity contribution in [1.82, 2.24) is 0 Å². The first-order chi connectivity index (χ1) is 9.97. The van der Waals surface area contributed by atoms with E-state index in [0.29, 0.717) is 12.8 Å². The molecule has 0 N–H and O–H groups in total. The zero-order chi connectivity index (χ0) is 15.0. The molecule has 3 unspecified atom stereocenters. The SMILES string of the molecule is CS(=O)(=O)C1CCCC(C(=O)C2CSc3ccccc32)C1. The Kier molecular flexibility index (Phi) is 4.14. The van der Waals surface area contributed by atoms with E-state index < -0.39 is 9.84 Å². The number of fused-ring (bicyclic) bond motifs is 1. The van der Waals surface area contributed by atoms with Gasteiger partial charge in [-0.1, -0.05) is 24.6 Å². The topological polar surface area (TPSA) is 51.2 Å². The van der Waals surface area contributed by atoms with Crippen molar-refractivity contribution in [1.29, 1.82) is 0 Å². The van der Waals surface area contributed by atoms with Gasteiger partial charge in [-0.25, -0.2) is 8.42 Å². The van der Waals surface area contributed by atoms with Gasteiger partial charge in [-0.15, -0.1) is 11.8 Å². The molecule has 0 amide bonds. The predicted octanol–water partition coefficient (Wildman–Crippen LogP) is 3.05. The van der Waals surface area contributed by atoms with Crippen LogP contribution >= 0.6 is 11.8 Å². The van der Waals surface area contributed by atoms with Gasteiger partial charge in [0, 0.05) is 22.8 Å². The highest BCUT2D eigenvalue weighted by atomic mass is 32.2. The van der Waals surface area contributed by atoms with E-state index in [1.165, 1.54) is 11.2 Å². The first-order valence-corrected chi connectivity index (χ1v) is 10.3. The number of carbonyl (C=O) groups excluding carboxylic acids is 1. The summed E-state index contributed by atoms with van der Waals surface area (Å²) in [6, 6.07) is 8.08. The summed E-state index contributed by atoms with van der Waals surface area (Å²) in [4.78, 5) is 14.0. The number of Topliss-reactive ketones (excluding diaryl/α,β-unsaturated/α-hetero) is 1. The van der Waals surface area contributed by atoms with Crippen LogP contribution in [-0.4, -0.2) is 31.5 Å². The van der Waals surface area contributed by atoms with Gasteiger partial charge in [-0.05, 0) is 30.9 Å². The standard InChI is InChI=1S/C16H20O3S2/c1-21(18,19)12-6-4-5-11(9-12)16(17)14-10-20-15-8-3-2-7-13(14)15/h2-3,7-8,11-12,14H,4-6,9-10H2,1H3. The van der Waals surface area contributed by atoms with Gasteiger partial charge in [0.15, 0.2) is 0 Å². The molecule has 3 nitrogen and oxygen atoms in total. The van der Waals surface area contributed by atoms with E-state index in [1.54, 1.807) is 11.8 Å². The van der Waals surface area contributed by atoms with Gasteiger partial charge >= 0.3 is 0 Å². The molecule has 1 fully saturated rings. The lowest BCUT2D eigenvalue weighted by Gasteiger charge is -2.28. The van der Waals surface area contributed by atoms with Crippen LogP contribution < -0.4 is 0 Å². The van der Waals surface area contributed by atoms with Crippen LogP contribution in [0.1, 0.15) is 37.2 Å². The molecule has 0 spiro atoms. The molecule has 0 saturated heterocycles. The second-order valence-corrected chi connectivity index (χ2v) is 9.51. The average Bonchev–Trinajstić information content (AvgIpc) is 2.90. The second kappa shape index (κ2) is 5.76. The monoisotopic (exact) mass is 324 g/mol. The Morgan fingerprint density at radius 3 is 2.76 bits per heavy atom. The second-order valence-electron chi connectivity index (χ2n) is 6.12. The highest BCUT2D eigenvalue weighted by Crippen LogP contribution is 2.43. The van der Waals surface area contributed by atoms with Crippen molar-refractivity contribution in [2.24, 2.45) is 5.92 Å². The Bertz CT molecular complexity index is 651. The summed E-state index contributed by atoms with van der Waals surface area (Å²) >= 11 is 1.74. The highest BCUT2D eigenvalue weighted by molar-refractivity contribution is 7.99. The Balaban J connectivity index is 1.77. The molecule has 0 radical (unpaired) electrons. The number of hydrogen-bond donors (Lipinski definition) is 0. The number of carbonyl (C=O) groups is 1. The fourth-order valence-corrected chi connectivity index (χ4v) is 5.89. The third-order valence-corrected chi connectivity index (χ3v) is 7.50. The van der Waals surface area contributed by atoms with E-state index in [2.05, 4.69) is 6.07 Å². The van der Waals surface area contributed by atoms with Crippen molar-refractivity contribution < 1.29 is 13.2 Å². The van der Waals surface area contributed by atoms with Crippen molar-refractivity contribution in [3.05, 3.63) is 29.8 Å². The van der Waals surface area contributed by atoms with Crippen LogP contribution in [0.15, 0.2) is 29.2 Å². The summed E-state index contributed by atoms with van der Waals surface area (Å²) in [5.41, 5.74) is 1.13. The molecule has 0 aromatic heterocycles. The van der Waals surface area contributed by atoms with Crippen LogP contribution in [0.3, 0.4) is 0 Å². The molecule has 21 heavy (non-hydrogen) atoms. The van der Waals surface area contributed by atoms with E-state index in [0.717, 1.165) is 24.2 Å². The van der Waals surface area contributed by atoms with Gasteiger partial charge in [0.2, 0.25) is 0 Å². The van der Waals surface area contributed by atoms with Gasteiger partial charge in [0.05, 0.1) is 11.2 Å². The minimum atomic E-state index is -3.03. The fourth-order valence-electron chi connectivity index (χ4n) is 3.47. The first-order valence-electron chi connectivity index (χ1n) is 7.41. The fraction of sp³-hybridized carbons (Fsp3) is 0.562. The molecule has 0 bridgehead atoms. The Labute approximate surface area is 130 Å². The van der Waals surface area contributed by atoms with Crippen molar-refractivity contribution in [3.63, 3.8) is 0 Å². The van der Waals surface area contributed by atoms with E-state index >= 15 is 0 Å². The van der Waals surface area contributed by atoms with Gasteiger partial charge in [-0.2, -0.15) is 0 Å². The van der Waals surface area contributed by atoms with E-state index in [1.807, 2.05) is 18.2 Å². The number of rotatable bonds is 3. The molecule has 1 aromatic rings. The number of ketones is 1. The predicted molar refractivity (Wildman–Crippen MR) is 85.5 cm³/mol. The molecule has 1 aliphatic carbocycles. The van der Waals surface area contributed by atoms with Crippen molar-refractivity contribution >= 4 is 27.4 Å². The quantitative estimate of drug-likeness (QED) is 0.857. The summed E-state index contributed by atoms with van der Waals surface area (Å²) in [6.07, 6.45) is 4.20. The van der Waals surface area contributed by atoms with Crippen molar-refractivity contribution in [2.45, 2.75) is 41.7 Å². The third kappa shape index (κ3) is 3.04. The lowest BCUT2D eigenvalue weighted by Crippen LogP contribution is -2.33. The van der Waals surface area contributed by atoms with Crippen LogP contribution in [0, 0.1) is 5.92 Å². The molecule has 1 saturated carbocycles. The van der Waals surface area contributed by atoms with Gasteiger partial charge in [0.1, 0.15) is 15.6 Å². The van der Waals surface area contributed by atoms with Crippen LogP contribution in [0.2, 0.25) is 0 Å². The van der Waals surface area contributed by atoms with E-state index in [-0.39, 0.29) is 22.9 Å². The zero-order valence-corrected chi connectivity index (χ0v) is 13.8. The summed E-state index contributed by atoms with van der Waals surface area (Å²) in [5, 5.41) is -0.329. The first kappa shape index (κ1) is 15.1. The molecule has 1 aliphatic heterocycles. The highest BCUT2D eigenvalue weighted by Gasteiger charge is 2.38. The van der Waals surface area contributed by atoms with E-state index in [9.17, 15) is 13.2 Å². The number of thioether (sulfide) groups is 1. The van der Waals surface area contributed by atoms with Crippen LogP contribution in [0.5, 0.6) is 0 Å². The number of hydrogen-bond acceptors (Lipinski definition) is 4. The lowest BCUT2D eigenvalue weighted by molar-refractivity contribution is -0.124. The Hall–Kier alpha value is -0.810. The molecule has 3 rings (SSSR count). The van der Waals surface area contributed by atoms with Gasteiger partial charge in [0.25, 0.3) is 0 Å². The molecule has 114 valence electrons. The molecule has 5 heteroatoms. The van der Waals surface area contributed by atoms with Crippen molar-refractivity contribution in [3.8, 4) is 0 Å². The maximum absolute atomic E-state index is 12.8. The molecular weight excluding hydrogens is 304 g/mol. The van der Waals surface area contributed by atoms with Crippen LogP contribution in [-0.2, 0) is 14.6 Å². The lowest BCUT2D eigenvalue weighted by atomic mass is 9.80. The average molecular weight is 324 g/mol. The van der Waals surface area contributed by atoms with Gasteiger partial charge < -0.3 is 0 Å². The Morgan fingerprint density at radius 1 is 1.24 bits per heavy atom. The van der Waals surface area contributed by atoms with E-state index in [4.69, 9.17) is 0 Å². The minimum absolute atomic E-state index is 0.0467. The Morgan fingerprint density at radius 2 is 2.00 bits per heavy atom. The molecule has 3 atom stereocenters. The molecule has 2 aliphatic rings. The van der Waals surface area contributed by atoms with Gasteiger partial charge in [-0.3, -0.25) is 4.79 Å². The van der Waals surface area contributed by atoms with Crippen LogP contribution in [0.4, 0.5) is 0 Å². The summed E-state index contributed by atoms with van der Waals surface area (Å²) < 4.78 is 23.5. The van der Waals surface area contributed by atoms with Crippen LogP contribution in [0.25, 0.3) is 0 Å². The number of sulfone groups is 1. The largest absolute Gasteiger partial charge is 0.299 e. The molecule has 1 heterocycles. The zero-order valence-electron chi connectivity index (χ0n) is 12.1. The summed E-state index contributed by atoms with van der Waals surface area (Å²) in [6.45, 7) is 0. The molecule has 1 aromatic carbocycles. The minimum Gasteiger partial charge on any atom is -0.299 e. The summed E-state index contributed by atoms with van der Waals surface area (Å²) in [7, 11) is -3.03. The van der Waals surface area contributed by atoms with Crippen molar-refractivity contribution in [2.75, 3.05) is 12.0 Å². The normalized spacial score (nSPS) is 29.1. The smallest absolute Gasteiger partial charge is 0.150 e. The maximum Gasteiger partial charge on any atom is 0.150 e. The third-order valence-electron chi connectivity index (χ3n) is 4.68. The molecular formula is C16H20O3S2.